The van der Waals surface area contributed by atoms with Gasteiger partial charge in [-0.3, -0.25) is 0 Å². The molecule has 478 valence electrons. The van der Waals surface area contributed by atoms with Gasteiger partial charge in [0.1, 0.15) is 0 Å². The van der Waals surface area contributed by atoms with Crippen LogP contribution in [0.2, 0.25) is 0 Å². The first-order valence-corrected chi connectivity index (χ1v) is 36.1. The van der Waals surface area contributed by atoms with Gasteiger partial charge in [-0.2, -0.15) is 0 Å². The van der Waals surface area contributed by atoms with Crippen LogP contribution in [-0.4, -0.2) is 0 Å². The molecule has 0 radical (unpaired) electrons. The van der Waals surface area contributed by atoms with E-state index in [4.69, 9.17) is 0 Å². The highest BCUT2D eigenvalue weighted by Crippen LogP contribution is 2.66. The van der Waals surface area contributed by atoms with E-state index in [2.05, 4.69) is 360 Å². The third kappa shape index (κ3) is 7.67. The molecular weight excluding hydrogens is 1200 g/mol. The highest BCUT2D eigenvalue weighted by atomic mass is 14.5. The lowest BCUT2D eigenvalue weighted by Gasteiger charge is -2.36. The Morgan fingerprint density at radius 3 is 0.760 bits per heavy atom. The Hall–Kier alpha value is -10.9. The van der Waals surface area contributed by atoms with Crippen molar-refractivity contribution in [3.05, 3.63) is 369 Å². The van der Waals surface area contributed by atoms with E-state index in [0.29, 0.717) is 0 Å². The Balaban J connectivity index is 0.994. The van der Waals surface area contributed by atoms with E-state index in [1.165, 1.54) is 200 Å². The molecule has 0 fully saturated rings. The normalized spacial score (nSPS) is 16.4. The maximum atomic E-state index is 2.66. The standard InChI is InChI=1S/C100H78/c1-95(2)77-39-19-14-30-71(77)89-67(35-24-44-82(89)95)61-52-62(68-36-25-45-83-90(68)72-31-15-20-40-78(72)96(83,3)4)55-65(54-61)100(87-51-50-86-93(75-34-18-23-43-81(75)99(86,9)10)94(87)76-49-48-60(58-88(76)100)59-28-12-11-13-29-59)66-56-63(69-37-26-46-84-91(69)73-32-16-21-41-79(73)97(84,5)6)53-64(57-66)70-38-27-47-85-92(70)74-33-17-22-42-80(74)98(85,7)8/h11-58H,1-10H3. The molecular formula is C100H78. The Morgan fingerprint density at radius 2 is 0.410 bits per heavy atom. The van der Waals surface area contributed by atoms with Gasteiger partial charge in [-0.15, -0.1) is 0 Å². The van der Waals surface area contributed by atoms with Crippen molar-refractivity contribution in [3.8, 4) is 122 Å². The summed E-state index contributed by atoms with van der Waals surface area (Å²) in [5.41, 5.74) is 44.7. The minimum Gasteiger partial charge on any atom is -0.0622 e. The fraction of sp³-hybridized carbons (Fsp3) is 0.160. The van der Waals surface area contributed by atoms with Crippen molar-refractivity contribution in [2.45, 2.75) is 102 Å². The molecule has 0 saturated carbocycles. The zero-order chi connectivity index (χ0) is 67.7. The van der Waals surface area contributed by atoms with Gasteiger partial charge in [0.05, 0.1) is 5.41 Å². The predicted octanol–water partition coefficient (Wildman–Crippen LogP) is 25.9. The number of fused-ring (bicyclic) bond motifs is 19. The highest BCUT2D eigenvalue weighted by Gasteiger charge is 2.52. The van der Waals surface area contributed by atoms with Crippen LogP contribution in [0.25, 0.3) is 122 Å². The van der Waals surface area contributed by atoms with Crippen molar-refractivity contribution in [3.63, 3.8) is 0 Å². The van der Waals surface area contributed by atoms with Gasteiger partial charge in [-0.1, -0.05) is 318 Å². The van der Waals surface area contributed by atoms with E-state index in [1.807, 2.05) is 0 Å². The van der Waals surface area contributed by atoms with E-state index in [-0.39, 0.29) is 27.1 Å². The van der Waals surface area contributed by atoms with Crippen LogP contribution < -0.4 is 0 Å². The molecule has 14 aromatic rings. The Kier molecular flexibility index (Phi) is 12.1. The lowest BCUT2D eigenvalue weighted by atomic mass is 9.65. The average molecular weight is 1280 g/mol. The summed E-state index contributed by atoms with van der Waals surface area (Å²) >= 11 is 0. The van der Waals surface area contributed by atoms with E-state index in [0.717, 1.165) is 0 Å². The van der Waals surface area contributed by atoms with Gasteiger partial charge in [-0.25, -0.2) is 0 Å². The summed E-state index contributed by atoms with van der Waals surface area (Å²) in [6.07, 6.45) is 0. The zero-order valence-electron chi connectivity index (χ0n) is 58.7. The summed E-state index contributed by atoms with van der Waals surface area (Å²) in [4.78, 5) is 0. The monoisotopic (exact) mass is 1280 g/mol. The lowest BCUT2D eigenvalue weighted by Crippen LogP contribution is -2.29. The molecule has 6 aliphatic carbocycles. The highest BCUT2D eigenvalue weighted by molar-refractivity contribution is 6.05. The van der Waals surface area contributed by atoms with Crippen molar-refractivity contribution in [2.24, 2.45) is 0 Å². The van der Waals surface area contributed by atoms with Gasteiger partial charge in [-0.05, 0) is 243 Å². The van der Waals surface area contributed by atoms with Crippen LogP contribution in [0.15, 0.2) is 291 Å². The Morgan fingerprint density at radius 1 is 0.150 bits per heavy atom. The largest absolute Gasteiger partial charge is 0.0714 e. The summed E-state index contributed by atoms with van der Waals surface area (Å²) < 4.78 is 0. The molecule has 0 spiro atoms. The first kappa shape index (κ1) is 59.2. The topological polar surface area (TPSA) is 0 Å². The van der Waals surface area contributed by atoms with Crippen molar-refractivity contribution in [2.75, 3.05) is 0 Å². The van der Waals surface area contributed by atoms with E-state index in [9.17, 15) is 0 Å². The van der Waals surface area contributed by atoms with Crippen LogP contribution in [0.4, 0.5) is 0 Å². The third-order valence-corrected chi connectivity index (χ3v) is 25.4. The fourth-order valence-electron chi connectivity index (χ4n) is 20.5. The molecule has 100 heavy (non-hydrogen) atoms. The number of hydrogen-bond donors (Lipinski definition) is 0. The van der Waals surface area contributed by atoms with Gasteiger partial charge in [0, 0.05) is 27.1 Å². The molecule has 0 atom stereocenters. The predicted molar refractivity (Wildman–Crippen MR) is 419 cm³/mol. The minimum absolute atomic E-state index is 0.210. The SMILES string of the molecule is CC1(C)c2ccccc2-c2c(-c3cc(-c4cccc5c4-c4ccccc4C5(C)C)cc(C4(c5cc(-c6cccc7c6-c6ccccc6C7(C)C)cc(-c6cccc7c6-c6ccccc6C7(C)C)c5)c5cc(-c6ccccc6)ccc5-c5c4ccc4c5-c5ccccc5C4(C)C)c3)cccc21. The lowest BCUT2D eigenvalue weighted by molar-refractivity contribution is 0.659. The van der Waals surface area contributed by atoms with Crippen molar-refractivity contribution < 1.29 is 0 Å². The molecule has 0 aliphatic heterocycles. The number of rotatable bonds is 7. The van der Waals surface area contributed by atoms with Crippen molar-refractivity contribution in [1.82, 2.24) is 0 Å². The van der Waals surface area contributed by atoms with Crippen molar-refractivity contribution >= 4 is 0 Å². The second-order valence-electron chi connectivity index (χ2n) is 32.2. The second kappa shape index (κ2) is 20.4. The van der Waals surface area contributed by atoms with E-state index < -0.39 is 5.41 Å². The van der Waals surface area contributed by atoms with Gasteiger partial charge in [0.2, 0.25) is 0 Å². The van der Waals surface area contributed by atoms with Gasteiger partial charge in [0.25, 0.3) is 0 Å². The Bertz CT molecular complexity index is 5420. The number of benzene rings is 14. The van der Waals surface area contributed by atoms with Crippen LogP contribution >= 0.6 is 0 Å². The molecule has 0 amide bonds. The van der Waals surface area contributed by atoms with Crippen LogP contribution in [-0.2, 0) is 32.5 Å². The fourth-order valence-corrected chi connectivity index (χ4v) is 20.5. The summed E-state index contributed by atoms with van der Waals surface area (Å²) in [6, 6.07) is 114. The summed E-state index contributed by atoms with van der Waals surface area (Å²) in [7, 11) is 0. The van der Waals surface area contributed by atoms with Crippen LogP contribution in [0.5, 0.6) is 0 Å². The third-order valence-electron chi connectivity index (χ3n) is 25.4. The van der Waals surface area contributed by atoms with Crippen LogP contribution in [0.1, 0.15) is 147 Å². The quantitative estimate of drug-likeness (QED) is 0.149. The maximum absolute atomic E-state index is 2.66. The Labute approximate surface area is 589 Å². The first-order valence-electron chi connectivity index (χ1n) is 36.1. The van der Waals surface area contributed by atoms with Gasteiger partial charge in [0.15, 0.2) is 0 Å². The molecule has 0 nitrogen and oxygen atoms in total. The summed E-state index contributed by atoms with van der Waals surface area (Å²) in [6.45, 7) is 24.3. The molecule has 0 heterocycles. The minimum atomic E-state index is -0.962. The number of hydrogen-bond acceptors (Lipinski definition) is 0. The molecule has 0 bridgehead atoms. The molecule has 0 unspecified atom stereocenters. The van der Waals surface area contributed by atoms with Crippen LogP contribution in [0.3, 0.4) is 0 Å². The average Bonchev–Trinajstić information content (AvgIpc) is 1.49. The van der Waals surface area contributed by atoms with Gasteiger partial charge < -0.3 is 0 Å². The first-order chi connectivity index (χ1) is 48.4. The summed E-state index contributed by atoms with van der Waals surface area (Å²) in [5, 5.41) is 0. The second-order valence-corrected chi connectivity index (χ2v) is 32.2. The van der Waals surface area contributed by atoms with E-state index >= 15 is 0 Å². The molecule has 6 aliphatic rings. The molecule has 0 heteroatoms. The van der Waals surface area contributed by atoms with Gasteiger partial charge >= 0.3 is 0 Å². The van der Waals surface area contributed by atoms with Crippen molar-refractivity contribution in [1.29, 1.82) is 0 Å². The maximum Gasteiger partial charge on any atom is 0.0714 e. The molecule has 14 aromatic carbocycles. The summed E-state index contributed by atoms with van der Waals surface area (Å²) in [5.74, 6) is 0. The zero-order valence-corrected chi connectivity index (χ0v) is 58.7. The molecule has 0 saturated heterocycles. The van der Waals surface area contributed by atoms with Crippen LogP contribution in [0, 0.1) is 0 Å². The molecule has 20 rings (SSSR count). The van der Waals surface area contributed by atoms with E-state index in [1.54, 1.807) is 0 Å². The smallest absolute Gasteiger partial charge is 0.0622 e. The molecule has 0 aromatic heterocycles. The molecule has 0 N–H and O–H groups in total.